The van der Waals surface area contributed by atoms with Gasteiger partial charge in [-0.15, -0.1) is 11.3 Å². The summed E-state index contributed by atoms with van der Waals surface area (Å²) in [5, 5.41) is 0.838. The number of urea groups is 1. The smallest absolute Gasteiger partial charge is 0.333 e. The maximum atomic E-state index is 12.6. The zero-order valence-corrected chi connectivity index (χ0v) is 17.6. The summed E-state index contributed by atoms with van der Waals surface area (Å²) in [5.41, 5.74) is 1.81. The van der Waals surface area contributed by atoms with Gasteiger partial charge in [0.1, 0.15) is 10.6 Å². The summed E-state index contributed by atoms with van der Waals surface area (Å²) in [6.07, 6.45) is 1.52. The van der Waals surface area contributed by atoms with E-state index in [4.69, 9.17) is 4.74 Å². The average Bonchev–Trinajstić information content (AvgIpc) is 3.20. The second kappa shape index (κ2) is 7.10. The summed E-state index contributed by atoms with van der Waals surface area (Å²) < 4.78 is 6.11. The summed E-state index contributed by atoms with van der Waals surface area (Å²) in [5.74, 6) is 0.103. The van der Waals surface area contributed by atoms with Crippen LogP contribution in [0.1, 0.15) is 4.88 Å². The van der Waals surface area contributed by atoms with Crippen molar-refractivity contribution in [3.05, 3.63) is 71.1 Å². The molecule has 1 saturated heterocycles. The monoisotopic (exact) mass is 431 g/mol. The maximum Gasteiger partial charge on any atom is 0.333 e. The fraction of sp³-hybridized carbons (Fsp3) is 0.0870. The molecule has 8 heteroatoms. The highest BCUT2D eigenvalue weighted by molar-refractivity contribution is 7.17. The standard InChI is InChI=1S/C23H17N3O4S/c1-24-20(27)16(21(28)25(2)23(24)29)12-15-13-19-22(31-15)26(14-8-4-3-5-9-14)17-10-6-7-11-18(17)30-19/h3-13H,1-2H3. The van der Waals surface area contributed by atoms with Gasteiger partial charge in [0.05, 0.1) is 5.69 Å². The van der Waals surface area contributed by atoms with Crippen molar-refractivity contribution in [2.24, 2.45) is 0 Å². The van der Waals surface area contributed by atoms with Gasteiger partial charge < -0.3 is 4.74 Å². The van der Waals surface area contributed by atoms with Crippen LogP contribution in [-0.2, 0) is 9.59 Å². The number of anilines is 3. The van der Waals surface area contributed by atoms with Crippen LogP contribution in [0, 0.1) is 0 Å². The fourth-order valence-electron chi connectivity index (χ4n) is 3.59. The first-order valence-corrected chi connectivity index (χ1v) is 10.3. The van der Waals surface area contributed by atoms with Gasteiger partial charge >= 0.3 is 6.03 Å². The predicted molar refractivity (Wildman–Crippen MR) is 118 cm³/mol. The van der Waals surface area contributed by atoms with Gasteiger partial charge in [0.25, 0.3) is 11.8 Å². The average molecular weight is 431 g/mol. The number of ether oxygens (including phenoxy) is 1. The molecule has 0 atom stereocenters. The number of amides is 4. The maximum absolute atomic E-state index is 12.6. The molecule has 1 fully saturated rings. The molecule has 2 aliphatic rings. The minimum absolute atomic E-state index is 0.0630. The van der Waals surface area contributed by atoms with E-state index in [0.717, 1.165) is 26.2 Å². The molecule has 1 aromatic heterocycles. The molecule has 0 unspecified atom stereocenters. The Morgan fingerprint density at radius 2 is 1.48 bits per heavy atom. The van der Waals surface area contributed by atoms with Gasteiger partial charge in [0, 0.05) is 30.7 Å². The first-order chi connectivity index (χ1) is 15.0. The normalized spacial score (nSPS) is 15.6. The van der Waals surface area contributed by atoms with Gasteiger partial charge in [0.2, 0.25) is 0 Å². The lowest BCUT2D eigenvalue weighted by Gasteiger charge is -2.30. The molecular weight excluding hydrogens is 414 g/mol. The molecule has 154 valence electrons. The molecule has 2 aromatic carbocycles. The Morgan fingerprint density at radius 1 is 0.839 bits per heavy atom. The molecule has 0 radical (unpaired) electrons. The van der Waals surface area contributed by atoms with Crippen LogP contribution in [0.25, 0.3) is 6.08 Å². The van der Waals surface area contributed by atoms with Crippen LogP contribution >= 0.6 is 11.3 Å². The van der Waals surface area contributed by atoms with E-state index >= 15 is 0 Å². The second-order valence-corrected chi connectivity index (χ2v) is 8.19. The minimum Gasteiger partial charge on any atom is -0.452 e. The van der Waals surface area contributed by atoms with Gasteiger partial charge in [-0.05, 0) is 30.3 Å². The van der Waals surface area contributed by atoms with Crippen molar-refractivity contribution < 1.29 is 19.1 Å². The Kier molecular flexibility index (Phi) is 4.37. The number of hydrogen-bond acceptors (Lipinski definition) is 6. The zero-order chi connectivity index (χ0) is 21.7. The van der Waals surface area contributed by atoms with Crippen LogP contribution in [0.15, 0.2) is 66.2 Å². The molecule has 2 aliphatic heterocycles. The lowest BCUT2D eigenvalue weighted by atomic mass is 10.1. The third-order valence-electron chi connectivity index (χ3n) is 5.17. The van der Waals surface area contributed by atoms with Crippen molar-refractivity contribution in [1.82, 2.24) is 9.80 Å². The SMILES string of the molecule is CN1C(=O)C(=Cc2cc3c(s2)N(c2ccccc2)c2ccccc2O3)C(=O)N(C)C1=O. The highest BCUT2D eigenvalue weighted by Crippen LogP contribution is 2.54. The number of barbiturate groups is 1. The number of benzene rings is 2. The van der Waals surface area contributed by atoms with Crippen molar-refractivity contribution in [2.45, 2.75) is 0 Å². The highest BCUT2D eigenvalue weighted by atomic mass is 32.1. The number of thiophene rings is 1. The third kappa shape index (κ3) is 3.00. The number of fused-ring (bicyclic) bond motifs is 2. The summed E-state index contributed by atoms with van der Waals surface area (Å²) in [4.78, 5) is 41.7. The molecule has 3 aromatic rings. The Morgan fingerprint density at radius 3 is 2.19 bits per heavy atom. The molecule has 0 saturated carbocycles. The minimum atomic E-state index is -0.647. The summed E-state index contributed by atoms with van der Waals surface area (Å²) in [7, 11) is 2.72. The molecule has 0 aliphatic carbocycles. The molecule has 31 heavy (non-hydrogen) atoms. The van der Waals surface area contributed by atoms with Crippen LogP contribution < -0.4 is 9.64 Å². The molecular formula is C23H17N3O4S. The second-order valence-electron chi connectivity index (χ2n) is 7.13. The molecule has 0 N–H and O–H groups in total. The number of imide groups is 2. The topological polar surface area (TPSA) is 70.2 Å². The van der Waals surface area contributed by atoms with E-state index in [1.54, 1.807) is 6.07 Å². The molecule has 3 heterocycles. The summed E-state index contributed by atoms with van der Waals surface area (Å²) >= 11 is 1.40. The number of para-hydroxylation sites is 3. The van der Waals surface area contributed by atoms with Gasteiger partial charge in [0.15, 0.2) is 11.5 Å². The Balaban J connectivity index is 1.62. The predicted octanol–water partition coefficient (Wildman–Crippen LogP) is 4.76. The Labute approximate surface area is 182 Å². The number of nitrogens with zero attached hydrogens (tertiary/aromatic N) is 3. The molecule has 5 rings (SSSR count). The van der Waals surface area contributed by atoms with Crippen molar-refractivity contribution in [3.8, 4) is 11.5 Å². The van der Waals surface area contributed by atoms with Crippen LogP contribution in [0.2, 0.25) is 0 Å². The van der Waals surface area contributed by atoms with Crippen LogP contribution in [0.3, 0.4) is 0 Å². The van der Waals surface area contributed by atoms with Crippen molar-refractivity contribution in [2.75, 3.05) is 19.0 Å². The lowest BCUT2D eigenvalue weighted by Crippen LogP contribution is -2.52. The van der Waals surface area contributed by atoms with E-state index in [1.165, 1.54) is 31.5 Å². The molecule has 4 amide bonds. The first kappa shape index (κ1) is 19.1. The largest absolute Gasteiger partial charge is 0.452 e. The van der Waals surface area contributed by atoms with E-state index in [-0.39, 0.29) is 5.57 Å². The summed E-state index contributed by atoms with van der Waals surface area (Å²) in [6, 6.07) is 18.8. The molecule has 0 spiro atoms. The number of carbonyl (C=O) groups excluding carboxylic acids is 3. The van der Waals surface area contributed by atoms with Crippen LogP contribution in [0.4, 0.5) is 21.2 Å². The highest BCUT2D eigenvalue weighted by Gasteiger charge is 2.38. The first-order valence-electron chi connectivity index (χ1n) is 9.53. The molecule has 0 bridgehead atoms. The number of rotatable bonds is 2. The Bertz CT molecular complexity index is 1240. The zero-order valence-electron chi connectivity index (χ0n) is 16.7. The quantitative estimate of drug-likeness (QED) is 0.338. The van der Waals surface area contributed by atoms with Crippen LogP contribution in [0.5, 0.6) is 11.5 Å². The Hall–Kier alpha value is -3.91. The summed E-state index contributed by atoms with van der Waals surface area (Å²) in [6.45, 7) is 0. The van der Waals surface area contributed by atoms with Crippen molar-refractivity contribution in [1.29, 1.82) is 0 Å². The van der Waals surface area contributed by atoms with Gasteiger partial charge in [-0.3, -0.25) is 24.3 Å². The van der Waals surface area contributed by atoms with Gasteiger partial charge in [-0.25, -0.2) is 4.79 Å². The van der Waals surface area contributed by atoms with Crippen molar-refractivity contribution >= 4 is 51.6 Å². The number of hydrogen-bond donors (Lipinski definition) is 0. The van der Waals surface area contributed by atoms with Crippen molar-refractivity contribution in [3.63, 3.8) is 0 Å². The van der Waals surface area contributed by atoms with E-state index < -0.39 is 17.8 Å². The van der Waals surface area contributed by atoms with E-state index in [0.29, 0.717) is 16.4 Å². The number of likely N-dealkylation sites (N-methyl/N-ethyl adjacent to an activating group) is 2. The van der Waals surface area contributed by atoms with E-state index in [9.17, 15) is 14.4 Å². The van der Waals surface area contributed by atoms with E-state index in [2.05, 4.69) is 4.90 Å². The van der Waals surface area contributed by atoms with Gasteiger partial charge in [-0.2, -0.15) is 0 Å². The molecule has 7 nitrogen and oxygen atoms in total. The lowest BCUT2D eigenvalue weighted by molar-refractivity contribution is -0.134. The third-order valence-corrected chi connectivity index (χ3v) is 6.22. The van der Waals surface area contributed by atoms with E-state index in [1.807, 2.05) is 54.6 Å². The fourth-order valence-corrected chi connectivity index (χ4v) is 4.65. The number of carbonyl (C=O) groups is 3. The van der Waals surface area contributed by atoms with Crippen LogP contribution in [-0.4, -0.2) is 41.7 Å². The van der Waals surface area contributed by atoms with Gasteiger partial charge in [-0.1, -0.05) is 30.3 Å².